The lowest BCUT2D eigenvalue weighted by atomic mass is 9.96. The minimum absolute atomic E-state index is 0.411. The largest absolute Gasteiger partial charge is 0.357 e. The molecule has 1 aromatic heterocycles. The summed E-state index contributed by atoms with van der Waals surface area (Å²) >= 11 is 3.06. The predicted molar refractivity (Wildman–Crippen MR) is 84.0 cm³/mol. The van der Waals surface area contributed by atoms with E-state index in [1.807, 2.05) is 0 Å². The Kier molecular flexibility index (Phi) is 6.06. The maximum atomic E-state index is 10.9. The van der Waals surface area contributed by atoms with E-state index < -0.39 is 10.0 Å². The lowest BCUT2D eigenvalue weighted by Crippen LogP contribution is -2.24. The molecule has 6 nitrogen and oxygen atoms in total. The molecule has 1 heterocycles. The Morgan fingerprint density at radius 3 is 2.75 bits per heavy atom. The average molecular weight is 337 g/mol. The molecular weight excluding hydrogens is 316 g/mol. The molecule has 114 valence electrons. The van der Waals surface area contributed by atoms with Gasteiger partial charge in [0.25, 0.3) is 0 Å². The quantitative estimate of drug-likeness (QED) is 0.585. The van der Waals surface area contributed by atoms with Crippen molar-refractivity contribution in [3.8, 4) is 0 Å². The van der Waals surface area contributed by atoms with Crippen LogP contribution in [0.4, 0.5) is 5.13 Å². The zero-order valence-electron chi connectivity index (χ0n) is 11.5. The van der Waals surface area contributed by atoms with Crippen LogP contribution in [0.25, 0.3) is 0 Å². The number of thioether (sulfide) groups is 1. The molecule has 0 spiro atoms. The average Bonchev–Trinajstić information content (AvgIpc) is 2.82. The highest BCUT2D eigenvalue weighted by Gasteiger charge is 2.15. The topological polar surface area (TPSA) is 84.0 Å². The molecule has 0 unspecified atom stereocenters. The summed E-state index contributed by atoms with van der Waals surface area (Å²) in [6, 6.07) is 0.529. The van der Waals surface area contributed by atoms with Gasteiger partial charge in [0.15, 0.2) is 4.34 Å². The molecule has 0 atom stereocenters. The molecule has 9 heteroatoms. The number of nitrogens with one attached hydrogen (secondary N) is 2. The Morgan fingerprint density at radius 2 is 2.05 bits per heavy atom. The Morgan fingerprint density at radius 1 is 1.30 bits per heavy atom. The molecular formula is C11H20N4O2S3. The van der Waals surface area contributed by atoms with Crippen LogP contribution in [0.15, 0.2) is 4.34 Å². The van der Waals surface area contributed by atoms with Crippen LogP contribution in [0.1, 0.15) is 32.1 Å². The van der Waals surface area contributed by atoms with Gasteiger partial charge in [0.1, 0.15) is 0 Å². The molecule has 2 rings (SSSR count). The van der Waals surface area contributed by atoms with Gasteiger partial charge < -0.3 is 5.32 Å². The highest BCUT2D eigenvalue weighted by Crippen LogP contribution is 2.28. The van der Waals surface area contributed by atoms with Crippen LogP contribution in [0.2, 0.25) is 0 Å². The zero-order chi connectivity index (χ0) is 14.4. The third-order valence-corrected chi connectivity index (χ3v) is 5.75. The molecule has 1 aliphatic carbocycles. The Bertz CT molecular complexity index is 511. The molecule has 1 aromatic rings. The second-order valence-electron chi connectivity index (χ2n) is 4.87. The first kappa shape index (κ1) is 16.0. The van der Waals surface area contributed by atoms with Gasteiger partial charge in [0.05, 0.1) is 6.26 Å². The van der Waals surface area contributed by atoms with E-state index in [-0.39, 0.29) is 0 Å². The number of sulfonamides is 1. The van der Waals surface area contributed by atoms with E-state index in [1.165, 1.54) is 55.2 Å². The summed E-state index contributed by atoms with van der Waals surface area (Å²) in [6.45, 7) is 0.411. The fourth-order valence-electron chi connectivity index (χ4n) is 2.11. The molecule has 0 aliphatic heterocycles. The maximum absolute atomic E-state index is 10.9. The molecule has 0 amide bonds. The van der Waals surface area contributed by atoms with Crippen molar-refractivity contribution in [2.24, 2.45) is 0 Å². The Balaban J connectivity index is 1.71. The van der Waals surface area contributed by atoms with Crippen molar-refractivity contribution >= 4 is 38.3 Å². The highest BCUT2D eigenvalue weighted by atomic mass is 32.2. The van der Waals surface area contributed by atoms with Crippen LogP contribution in [0, 0.1) is 0 Å². The maximum Gasteiger partial charge on any atom is 0.208 e. The van der Waals surface area contributed by atoms with Gasteiger partial charge in [-0.2, -0.15) is 0 Å². The molecule has 1 aliphatic rings. The van der Waals surface area contributed by atoms with Gasteiger partial charge in [-0.25, -0.2) is 13.1 Å². The Hall–Kier alpha value is -0.380. The second kappa shape index (κ2) is 7.58. The second-order valence-corrected chi connectivity index (χ2v) is 9.02. The molecule has 0 radical (unpaired) electrons. The lowest BCUT2D eigenvalue weighted by molar-refractivity contribution is 0.462. The van der Waals surface area contributed by atoms with Gasteiger partial charge in [-0.05, 0) is 12.8 Å². The van der Waals surface area contributed by atoms with E-state index in [2.05, 4.69) is 20.2 Å². The Labute approximate surface area is 128 Å². The smallest absolute Gasteiger partial charge is 0.208 e. The van der Waals surface area contributed by atoms with E-state index in [1.54, 1.807) is 0 Å². The van der Waals surface area contributed by atoms with E-state index in [0.717, 1.165) is 15.7 Å². The van der Waals surface area contributed by atoms with Crippen LogP contribution in [0.5, 0.6) is 0 Å². The van der Waals surface area contributed by atoms with E-state index in [9.17, 15) is 8.42 Å². The molecule has 1 saturated carbocycles. The number of aromatic nitrogens is 2. The minimum atomic E-state index is -3.10. The molecule has 0 saturated heterocycles. The summed E-state index contributed by atoms with van der Waals surface area (Å²) in [7, 11) is -3.10. The van der Waals surface area contributed by atoms with Crippen molar-refractivity contribution in [2.75, 3.05) is 23.9 Å². The fourth-order valence-corrected chi connectivity index (χ4v) is 4.47. The SMILES string of the molecule is CS(=O)(=O)NCCSc1nnc(NC2CCCCC2)s1. The third kappa shape index (κ3) is 5.94. The minimum Gasteiger partial charge on any atom is -0.357 e. The van der Waals surface area contributed by atoms with Gasteiger partial charge >= 0.3 is 0 Å². The highest BCUT2D eigenvalue weighted by molar-refractivity contribution is 8.01. The third-order valence-electron chi connectivity index (χ3n) is 3.03. The summed E-state index contributed by atoms with van der Waals surface area (Å²) in [5.74, 6) is 0.658. The molecule has 2 N–H and O–H groups in total. The van der Waals surface area contributed by atoms with E-state index in [4.69, 9.17) is 0 Å². The van der Waals surface area contributed by atoms with E-state index in [0.29, 0.717) is 18.3 Å². The van der Waals surface area contributed by atoms with Crippen LogP contribution >= 0.6 is 23.1 Å². The number of nitrogens with zero attached hydrogens (tertiary/aromatic N) is 2. The van der Waals surface area contributed by atoms with Gasteiger partial charge in [0, 0.05) is 18.3 Å². The summed E-state index contributed by atoms with van der Waals surface area (Å²) in [5.41, 5.74) is 0. The normalized spacial score (nSPS) is 17.2. The van der Waals surface area contributed by atoms with Crippen molar-refractivity contribution in [2.45, 2.75) is 42.5 Å². The van der Waals surface area contributed by atoms with Crippen LogP contribution < -0.4 is 10.0 Å². The fraction of sp³-hybridized carbons (Fsp3) is 0.818. The van der Waals surface area contributed by atoms with Gasteiger partial charge in [0.2, 0.25) is 15.2 Å². The first-order valence-electron chi connectivity index (χ1n) is 6.70. The van der Waals surface area contributed by atoms with Gasteiger partial charge in [-0.1, -0.05) is 42.4 Å². The van der Waals surface area contributed by atoms with Gasteiger partial charge in [-0.3, -0.25) is 0 Å². The molecule has 0 aromatic carbocycles. The molecule has 1 fully saturated rings. The van der Waals surface area contributed by atoms with E-state index >= 15 is 0 Å². The summed E-state index contributed by atoms with van der Waals surface area (Å²) in [5, 5.41) is 12.5. The van der Waals surface area contributed by atoms with Crippen LogP contribution in [-0.2, 0) is 10.0 Å². The van der Waals surface area contributed by atoms with Crippen LogP contribution in [0.3, 0.4) is 0 Å². The summed E-state index contributed by atoms with van der Waals surface area (Å²) < 4.78 is 25.2. The molecule has 0 bridgehead atoms. The van der Waals surface area contributed by atoms with Crippen LogP contribution in [-0.4, -0.2) is 43.2 Å². The standard InChI is InChI=1S/C11H20N4O2S3/c1-20(16,17)12-7-8-18-11-15-14-10(19-11)13-9-5-3-2-4-6-9/h9,12H,2-8H2,1H3,(H,13,14). The number of hydrogen-bond donors (Lipinski definition) is 2. The summed E-state index contributed by atoms with van der Waals surface area (Å²) in [4.78, 5) is 0. The number of anilines is 1. The van der Waals surface area contributed by atoms with Crippen molar-refractivity contribution in [1.82, 2.24) is 14.9 Å². The monoisotopic (exact) mass is 336 g/mol. The number of hydrogen-bond acceptors (Lipinski definition) is 7. The first-order chi connectivity index (χ1) is 9.53. The first-order valence-corrected chi connectivity index (χ1v) is 10.4. The predicted octanol–water partition coefficient (Wildman–Crippen LogP) is 1.92. The zero-order valence-corrected chi connectivity index (χ0v) is 13.9. The van der Waals surface area contributed by atoms with Crippen molar-refractivity contribution in [3.05, 3.63) is 0 Å². The van der Waals surface area contributed by atoms with Crippen molar-refractivity contribution in [3.63, 3.8) is 0 Å². The van der Waals surface area contributed by atoms with Crippen molar-refractivity contribution < 1.29 is 8.42 Å². The number of rotatable bonds is 7. The lowest BCUT2D eigenvalue weighted by Gasteiger charge is -2.21. The van der Waals surface area contributed by atoms with Gasteiger partial charge in [-0.15, -0.1) is 10.2 Å². The summed E-state index contributed by atoms with van der Waals surface area (Å²) in [6.07, 6.45) is 7.49. The molecule has 20 heavy (non-hydrogen) atoms. The van der Waals surface area contributed by atoms with Crippen molar-refractivity contribution in [1.29, 1.82) is 0 Å².